The Hall–Kier alpha value is -2.57. The van der Waals surface area contributed by atoms with Gasteiger partial charge in [0.25, 0.3) is 11.8 Å². The maximum absolute atomic E-state index is 12.6. The Balaban J connectivity index is 1.93. The molecule has 1 unspecified atom stereocenters. The number of carbonyl (C=O) groups is 3. The Bertz CT molecular complexity index is 697. The highest BCUT2D eigenvalue weighted by Crippen LogP contribution is 2.24. The van der Waals surface area contributed by atoms with E-state index in [1.807, 2.05) is 38.9 Å². The van der Waals surface area contributed by atoms with E-state index < -0.39 is 17.9 Å². The quantitative estimate of drug-likeness (QED) is 0.652. The van der Waals surface area contributed by atoms with E-state index in [1.54, 1.807) is 18.2 Å². The Kier molecular flexibility index (Phi) is 7.84. The summed E-state index contributed by atoms with van der Waals surface area (Å²) < 4.78 is 0. The van der Waals surface area contributed by atoms with E-state index in [1.165, 1.54) is 6.42 Å². The van der Waals surface area contributed by atoms with Gasteiger partial charge in [-0.15, -0.1) is 0 Å². The van der Waals surface area contributed by atoms with Crippen LogP contribution in [0.5, 0.6) is 0 Å². The molecule has 2 rings (SSSR count). The van der Waals surface area contributed by atoms with Crippen LogP contribution in [-0.4, -0.2) is 37.9 Å². The summed E-state index contributed by atoms with van der Waals surface area (Å²) in [5, 5.41) is 2.86. The molecule has 154 valence electrons. The van der Waals surface area contributed by atoms with Gasteiger partial charge in [-0.05, 0) is 37.0 Å². The average Bonchev–Trinajstić information content (AvgIpc) is 2.70. The van der Waals surface area contributed by atoms with Crippen molar-refractivity contribution in [2.24, 2.45) is 11.8 Å². The van der Waals surface area contributed by atoms with E-state index >= 15 is 0 Å². The average molecular weight is 389 g/mol. The number of hydrogen-bond acceptors (Lipinski definition) is 4. The maximum Gasteiger partial charge on any atom is 0.269 e. The molecule has 0 spiro atoms. The zero-order valence-electron chi connectivity index (χ0n) is 17.2. The van der Waals surface area contributed by atoms with Crippen LogP contribution >= 0.6 is 0 Å². The van der Waals surface area contributed by atoms with Gasteiger partial charge >= 0.3 is 0 Å². The van der Waals surface area contributed by atoms with Gasteiger partial charge in [-0.1, -0.05) is 39.2 Å². The van der Waals surface area contributed by atoms with Crippen LogP contribution in [0.4, 0.5) is 5.69 Å². The van der Waals surface area contributed by atoms with Crippen LogP contribution in [0.3, 0.4) is 0 Å². The molecule has 0 aliphatic heterocycles. The summed E-state index contributed by atoms with van der Waals surface area (Å²) in [5.41, 5.74) is 6.23. The van der Waals surface area contributed by atoms with Gasteiger partial charge < -0.3 is 10.2 Å². The van der Waals surface area contributed by atoms with Gasteiger partial charge in [0.2, 0.25) is 5.91 Å². The van der Waals surface area contributed by atoms with Gasteiger partial charge in [-0.2, -0.15) is 0 Å². The van der Waals surface area contributed by atoms with Crippen molar-refractivity contribution in [3.05, 3.63) is 29.8 Å². The summed E-state index contributed by atoms with van der Waals surface area (Å²) in [6.45, 7) is 3.74. The molecule has 1 saturated carbocycles. The zero-order valence-corrected chi connectivity index (χ0v) is 17.2. The molecular formula is C21H32N4O3. The lowest BCUT2D eigenvalue weighted by Crippen LogP contribution is -2.55. The summed E-state index contributed by atoms with van der Waals surface area (Å²) in [7, 11) is 3.78. The first-order chi connectivity index (χ1) is 13.3. The van der Waals surface area contributed by atoms with E-state index in [4.69, 9.17) is 0 Å². The van der Waals surface area contributed by atoms with Crippen molar-refractivity contribution in [2.75, 3.05) is 19.0 Å². The number of nitrogens with one attached hydrogen (secondary N) is 3. The first kappa shape index (κ1) is 21.7. The third-order valence-electron chi connectivity index (χ3n) is 5.15. The molecule has 1 aliphatic carbocycles. The third-order valence-corrected chi connectivity index (χ3v) is 5.15. The fourth-order valence-corrected chi connectivity index (χ4v) is 3.36. The molecule has 0 heterocycles. The predicted octanol–water partition coefficient (Wildman–Crippen LogP) is 2.23. The van der Waals surface area contributed by atoms with Crippen molar-refractivity contribution < 1.29 is 14.4 Å². The minimum atomic E-state index is -0.692. The molecule has 1 aliphatic rings. The van der Waals surface area contributed by atoms with Gasteiger partial charge in [0.15, 0.2) is 0 Å². The number of carbonyl (C=O) groups excluding carboxylic acids is 3. The molecule has 28 heavy (non-hydrogen) atoms. The van der Waals surface area contributed by atoms with Crippen LogP contribution in [0.25, 0.3) is 0 Å². The highest BCUT2D eigenvalue weighted by atomic mass is 16.2. The highest BCUT2D eigenvalue weighted by molar-refractivity contribution is 5.97. The zero-order chi connectivity index (χ0) is 20.7. The molecule has 1 aromatic rings. The molecular weight excluding hydrogens is 356 g/mol. The Labute approximate surface area is 167 Å². The van der Waals surface area contributed by atoms with Crippen LogP contribution in [-0.2, 0) is 9.59 Å². The topological polar surface area (TPSA) is 90.5 Å². The van der Waals surface area contributed by atoms with Crippen molar-refractivity contribution >= 4 is 23.4 Å². The monoisotopic (exact) mass is 388 g/mol. The summed E-state index contributed by atoms with van der Waals surface area (Å²) in [6, 6.07) is 6.41. The normalized spacial score (nSPS) is 15.6. The van der Waals surface area contributed by atoms with Crippen LogP contribution in [0, 0.1) is 11.8 Å². The van der Waals surface area contributed by atoms with Gasteiger partial charge in [-0.25, -0.2) is 0 Å². The number of rotatable bonds is 6. The van der Waals surface area contributed by atoms with E-state index in [2.05, 4.69) is 16.2 Å². The van der Waals surface area contributed by atoms with Crippen molar-refractivity contribution in [1.29, 1.82) is 0 Å². The second-order valence-corrected chi connectivity index (χ2v) is 7.95. The van der Waals surface area contributed by atoms with Crippen molar-refractivity contribution in [2.45, 2.75) is 52.0 Å². The van der Waals surface area contributed by atoms with Crippen LogP contribution in [0.2, 0.25) is 0 Å². The van der Waals surface area contributed by atoms with Crippen LogP contribution < -0.4 is 21.1 Å². The van der Waals surface area contributed by atoms with Crippen molar-refractivity contribution in [3.8, 4) is 0 Å². The number of hydrazine groups is 1. The summed E-state index contributed by atoms with van der Waals surface area (Å²) >= 11 is 0. The van der Waals surface area contributed by atoms with Gasteiger partial charge in [0, 0.05) is 31.3 Å². The molecule has 7 heteroatoms. The smallest absolute Gasteiger partial charge is 0.269 e. The molecule has 1 atom stereocenters. The van der Waals surface area contributed by atoms with E-state index in [9.17, 15) is 14.4 Å². The molecule has 1 fully saturated rings. The standard InChI is InChI=1S/C21H32N4O3/c1-14(2)18(22-19(26)15-9-6-5-7-10-15)21(28)24-23-20(27)16-11-8-12-17(13-16)25(3)4/h8,11-15,18H,5-7,9-10H2,1-4H3,(H,22,26)(H,23,27)(H,24,28). The number of hydrogen-bond donors (Lipinski definition) is 3. The van der Waals surface area contributed by atoms with Gasteiger partial charge in [0.05, 0.1) is 0 Å². The number of benzene rings is 1. The summed E-state index contributed by atoms with van der Waals surface area (Å²) in [6.07, 6.45) is 5.02. The minimum absolute atomic E-state index is 0.0221. The molecule has 0 aromatic heterocycles. The third kappa shape index (κ3) is 5.97. The number of nitrogens with zero attached hydrogens (tertiary/aromatic N) is 1. The lowest BCUT2D eigenvalue weighted by molar-refractivity contribution is -0.133. The fourth-order valence-electron chi connectivity index (χ4n) is 3.36. The largest absolute Gasteiger partial charge is 0.378 e. The molecule has 1 aromatic carbocycles. The molecule has 3 amide bonds. The van der Waals surface area contributed by atoms with E-state index in [0.29, 0.717) is 5.56 Å². The first-order valence-electron chi connectivity index (χ1n) is 9.97. The SMILES string of the molecule is CC(C)C(NC(=O)C1CCCCC1)C(=O)NNC(=O)c1cccc(N(C)C)c1. The molecule has 0 radical (unpaired) electrons. The predicted molar refractivity (Wildman–Crippen MR) is 110 cm³/mol. The van der Waals surface area contributed by atoms with Crippen LogP contribution in [0.15, 0.2) is 24.3 Å². The molecule has 0 saturated heterocycles. The second-order valence-electron chi connectivity index (χ2n) is 7.95. The molecule has 3 N–H and O–H groups in total. The summed E-state index contributed by atoms with van der Waals surface area (Å²) in [5.74, 6) is -1.01. The lowest BCUT2D eigenvalue weighted by Gasteiger charge is -2.26. The lowest BCUT2D eigenvalue weighted by atomic mass is 9.88. The highest BCUT2D eigenvalue weighted by Gasteiger charge is 2.28. The maximum atomic E-state index is 12.6. The Morgan fingerprint density at radius 3 is 2.32 bits per heavy atom. The Morgan fingerprint density at radius 2 is 1.71 bits per heavy atom. The second kappa shape index (κ2) is 10.1. The minimum Gasteiger partial charge on any atom is -0.378 e. The van der Waals surface area contributed by atoms with Gasteiger partial charge in [0.1, 0.15) is 6.04 Å². The van der Waals surface area contributed by atoms with Crippen molar-refractivity contribution in [3.63, 3.8) is 0 Å². The molecule has 0 bridgehead atoms. The van der Waals surface area contributed by atoms with E-state index in [-0.39, 0.29) is 17.7 Å². The Morgan fingerprint density at radius 1 is 1.04 bits per heavy atom. The van der Waals surface area contributed by atoms with Crippen molar-refractivity contribution in [1.82, 2.24) is 16.2 Å². The summed E-state index contributed by atoms with van der Waals surface area (Å²) in [4.78, 5) is 39.3. The number of amides is 3. The van der Waals surface area contributed by atoms with E-state index in [0.717, 1.165) is 31.4 Å². The molecule has 7 nitrogen and oxygen atoms in total. The van der Waals surface area contributed by atoms with Gasteiger partial charge in [-0.3, -0.25) is 25.2 Å². The first-order valence-corrected chi connectivity index (χ1v) is 9.97. The fraction of sp³-hybridized carbons (Fsp3) is 0.571. The number of anilines is 1. The van der Waals surface area contributed by atoms with Crippen LogP contribution in [0.1, 0.15) is 56.3 Å².